The molecule has 13 heteroatoms. The standard InChI is InChI=1S/C36H31F3N6O3S/c1-5-30(47)44-14-17(2)45-28(18(44)3)13-26(42-45)35-33(31-23(38)9-20(37)10-29(31)48-22-11-21(46)12-22)32-24(39)15-49-36(32)34(41-35)19-6-7-27-25(8-19)40-16-43(27)4/h5-10,13,15-18,21-22,46H,1,11-12,14H2,2-4H3/t17-,18+,21?,22?/m0/s1. The average Bonchev–Trinajstić information content (AvgIpc) is 3.78. The fourth-order valence-corrected chi connectivity index (χ4v) is 7.89. The van der Waals surface area contributed by atoms with E-state index in [4.69, 9.17) is 14.8 Å². The lowest BCUT2D eigenvalue weighted by molar-refractivity contribution is -0.129. The minimum Gasteiger partial charge on any atom is -0.489 e. The molecule has 5 heterocycles. The number of carbonyl (C=O) groups excluding carboxylic acids is 1. The van der Waals surface area contributed by atoms with E-state index in [1.165, 1.54) is 11.5 Å². The molecule has 0 unspecified atom stereocenters. The molecule has 9 nitrogen and oxygen atoms in total. The van der Waals surface area contributed by atoms with Gasteiger partial charge in [-0.2, -0.15) is 5.10 Å². The molecule has 0 bridgehead atoms. The zero-order valence-corrected chi connectivity index (χ0v) is 27.6. The smallest absolute Gasteiger partial charge is 0.246 e. The van der Waals surface area contributed by atoms with E-state index < -0.39 is 29.7 Å². The highest BCUT2D eigenvalue weighted by atomic mass is 32.1. The summed E-state index contributed by atoms with van der Waals surface area (Å²) in [7, 11) is 1.89. The van der Waals surface area contributed by atoms with Crippen LogP contribution in [0.4, 0.5) is 13.2 Å². The number of amides is 1. The molecule has 1 N–H and O–H groups in total. The number of hydrogen-bond donors (Lipinski definition) is 1. The largest absolute Gasteiger partial charge is 0.489 e. The number of benzene rings is 2. The lowest BCUT2D eigenvalue weighted by Crippen LogP contribution is -2.42. The second kappa shape index (κ2) is 11.6. The van der Waals surface area contributed by atoms with E-state index in [0.717, 1.165) is 29.0 Å². The maximum Gasteiger partial charge on any atom is 0.246 e. The first-order valence-electron chi connectivity index (χ1n) is 15.9. The van der Waals surface area contributed by atoms with Crippen molar-refractivity contribution in [3.8, 4) is 39.5 Å². The molecule has 2 aromatic carbocycles. The summed E-state index contributed by atoms with van der Waals surface area (Å²) in [4.78, 5) is 24.1. The molecular weight excluding hydrogens is 653 g/mol. The van der Waals surface area contributed by atoms with Gasteiger partial charge in [0, 0.05) is 60.5 Å². The highest BCUT2D eigenvalue weighted by molar-refractivity contribution is 7.17. The van der Waals surface area contributed by atoms with Crippen molar-refractivity contribution < 1.29 is 27.8 Å². The van der Waals surface area contributed by atoms with E-state index in [0.29, 0.717) is 52.2 Å². The summed E-state index contributed by atoms with van der Waals surface area (Å²) < 4.78 is 57.5. The number of aliphatic hydroxyl groups excluding tert-OH is 1. The quantitative estimate of drug-likeness (QED) is 0.184. The van der Waals surface area contributed by atoms with Crippen molar-refractivity contribution in [1.82, 2.24) is 29.2 Å². The molecule has 6 aromatic rings. The molecule has 1 aliphatic heterocycles. The van der Waals surface area contributed by atoms with Gasteiger partial charge in [-0.15, -0.1) is 11.3 Å². The minimum absolute atomic E-state index is 0.0681. The van der Waals surface area contributed by atoms with Gasteiger partial charge in [0.15, 0.2) is 0 Å². The van der Waals surface area contributed by atoms with E-state index in [1.807, 2.05) is 43.7 Å². The number of carbonyl (C=O) groups is 1. The summed E-state index contributed by atoms with van der Waals surface area (Å²) in [6.07, 6.45) is 2.51. The third-order valence-electron chi connectivity index (χ3n) is 9.54. The number of aliphatic hydroxyl groups is 1. The first-order valence-corrected chi connectivity index (χ1v) is 16.8. The molecule has 1 amide bonds. The fraction of sp³-hybridized carbons (Fsp3) is 0.278. The van der Waals surface area contributed by atoms with Crippen LogP contribution in [0.15, 0.2) is 60.8 Å². The molecule has 49 heavy (non-hydrogen) atoms. The summed E-state index contributed by atoms with van der Waals surface area (Å²) in [6.45, 7) is 7.84. The lowest BCUT2D eigenvalue weighted by Gasteiger charge is -2.36. The molecule has 0 spiro atoms. The Kier molecular flexibility index (Phi) is 7.37. The van der Waals surface area contributed by atoms with E-state index in [9.17, 15) is 14.3 Å². The Bertz CT molecular complexity index is 2320. The number of hydrogen-bond acceptors (Lipinski definition) is 7. The monoisotopic (exact) mass is 684 g/mol. The summed E-state index contributed by atoms with van der Waals surface area (Å²) in [5.41, 5.74) is 3.82. The van der Waals surface area contributed by atoms with Gasteiger partial charge in [-0.05, 0) is 38.1 Å². The number of ether oxygens (including phenoxy) is 1. The van der Waals surface area contributed by atoms with Crippen LogP contribution in [0.2, 0.25) is 0 Å². The Morgan fingerprint density at radius 3 is 2.63 bits per heavy atom. The van der Waals surface area contributed by atoms with Crippen LogP contribution in [0.25, 0.3) is 54.9 Å². The predicted octanol–water partition coefficient (Wildman–Crippen LogP) is 7.35. The topological polar surface area (TPSA) is 98.3 Å². The Balaban J connectivity index is 1.42. The normalized spacial score (nSPS) is 20.4. The van der Waals surface area contributed by atoms with E-state index >= 15 is 8.78 Å². The second-order valence-corrected chi connectivity index (χ2v) is 13.7. The zero-order chi connectivity index (χ0) is 34.3. The molecule has 2 atom stereocenters. The molecule has 2 aliphatic rings. The summed E-state index contributed by atoms with van der Waals surface area (Å²) in [5.74, 6) is -2.78. The number of imidazole rings is 1. The van der Waals surface area contributed by atoms with E-state index in [1.54, 1.807) is 22.0 Å². The van der Waals surface area contributed by atoms with Crippen molar-refractivity contribution in [1.29, 1.82) is 0 Å². The van der Waals surface area contributed by atoms with Crippen LogP contribution in [0, 0.1) is 17.5 Å². The summed E-state index contributed by atoms with van der Waals surface area (Å²) in [5, 5.41) is 16.3. The third-order valence-corrected chi connectivity index (χ3v) is 10.5. The number of thiophene rings is 1. The maximum absolute atomic E-state index is 16.2. The molecule has 8 rings (SSSR count). The van der Waals surface area contributed by atoms with Crippen LogP contribution in [0.1, 0.15) is 44.5 Å². The van der Waals surface area contributed by atoms with Crippen LogP contribution in [0.5, 0.6) is 5.75 Å². The highest BCUT2D eigenvalue weighted by Gasteiger charge is 2.36. The van der Waals surface area contributed by atoms with Gasteiger partial charge in [0.1, 0.15) is 40.7 Å². The number of halogens is 3. The lowest BCUT2D eigenvalue weighted by atomic mass is 9.91. The highest BCUT2D eigenvalue weighted by Crippen LogP contribution is 2.49. The number of nitrogens with zero attached hydrogens (tertiary/aromatic N) is 6. The van der Waals surface area contributed by atoms with Crippen molar-refractivity contribution in [3.63, 3.8) is 0 Å². The number of aromatic nitrogens is 5. The summed E-state index contributed by atoms with van der Waals surface area (Å²) in [6, 6.07) is 8.63. The molecular formula is C36H31F3N6O3S. The van der Waals surface area contributed by atoms with Gasteiger partial charge in [-0.1, -0.05) is 12.6 Å². The van der Waals surface area contributed by atoms with Gasteiger partial charge in [0.2, 0.25) is 5.91 Å². The fourth-order valence-electron chi connectivity index (χ4n) is 6.96. The van der Waals surface area contributed by atoms with Gasteiger partial charge in [-0.3, -0.25) is 9.48 Å². The Labute approximate surface area is 282 Å². The molecule has 1 saturated carbocycles. The van der Waals surface area contributed by atoms with Gasteiger partial charge in [0.25, 0.3) is 0 Å². The van der Waals surface area contributed by atoms with E-state index in [-0.39, 0.29) is 45.9 Å². The van der Waals surface area contributed by atoms with Crippen molar-refractivity contribution in [2.45, 2.75) is 51.0 Å². The first-order chi connectivity index (χ1) is 23.5. The van der Waals surface area contributed by atoms with Crippen molar-refractivity contribution in [2.24, 2.45) is 7.05 Å². The number of pyridine rings is 1. The molecule has 1 aliphatic carbocycles. The first kappa shape index (κ1) is 31.3. The van der Waals surface area contributed by atoms with Crippen LogP contribution in [-0.2, 0) is 11.8 Å². The Morgan fingerprint density at radius 1 is 1.08 bits per heavy atom. The van der Waals surface area contributed by atoms with E-state index in [2.05, 4.69) is 11.6 Å². The predicted molar refractivity (Wildman–Crippen MR) is 181 cm³/mol. The van der Waals surface area contributed by atoms with Crippen LogP contribution < -0.4 is 4.74 Å². The van der Waals surface area contributed by atoms with Crippen molar-refractivity contribution >= 4 is 38.4 Å². The molecule has 4 aromatic heterocycles. The summed E-state index contributed by atoms with van der Waals surface area (Å²) >= 11 is 1.12. The second-order valence-electron chi connectivity index (χ2n) is 12.8. The molecule has 250 valence electrons. The number of rotatable bonds is 6. The Hall–Kier alpha value is -5.01. The van der Waals surface area contributed by atoms with Gasteiger partial charge >= 0.3 is 0 Å². The number of fused-ring (bicyclic) bond motifs is 3. The Morgan fingerprint density at radius 2 is 1.88 bits per heavy atom. The molecule has 0 radical (unpaired) electrons. The minimum atomic E-state index is -0.957. The van der Waals surface area contributed by atoms with Crippen LogP contribution in [-0.4, -0.2) is 59.0 Å². The zero-order valence-electron chi connectivity index (χ0n) is 26.8. The van der Waals surface area contributed by atoms with Crippen molar-refractivity contribution in [2.75, 3.05) is 6.54 Å². The van der Waals surface area contributed by atoms with Crippen molar-refractivity contribution in [3.05, 3.63) is 83.9 Å². The van der Waals surface area contributed by atoms with Gasteiger partial charge in [0.05, 0.1) is 57.2 Å². The number of aryl methyl sites for hydroxylation is 1. The average molecular weight is 685 g/mol. The van der Waals surface area contributed by atoms with Gasteiger partial charge < -0.3 is 19.3 Å². The van der Waals surface area contributed by atoms with Crippen LogP contribution in [0.3, 0.4) is 0 Å². The molecule has 0 saturated heterocycles. The SMILES string of the molecule is C=CC(=O)N1C[C@H](C)n2nc(-c3nc(-c4ccc5c(c4)ncn5C)c4scc(F)c4c3-c3c(F)cc(F)cc3OC3CC(O)C3)cc2[C@H]1C. The van der Waals surface area contributed by atoms with Gasteiger partial charge in [-0.25, -0.2) is 23.1 Å². The maximum atomic E-state index is 16.2. The van der Waals surface area contributed by atoms with Crippen LogP contribution >= 0.6 is 11.3 Å². The third kappa shape index (κ3) is 5.02. The molecule has 1 fully saturated rings.